The predicted octanol–water partition coefficient (Wildman–Crippen LogP) is 6.10. The van der Waals surface area contributed by atoms with Crippen LogP contribution in [0.3, 0.4) is 0 Å². The second-order valence-electron chi connectivity index (χ2n) is 6.91. The monoisotopic (exact) mass is 486 g/mol. The second kappa shape index (κ2) is 9.66. The summed E-state index contributed by atoms with van der Waals surface area (Å²) in [4.78, 5) is 4.70. The summed E-state index contributed by atoms with van der Waals surface area (Å²) >= 11 is 5.17. The van der Waals surface area contributed by atoms with Crippen molar-refractivity contribution in [3.63, 3.8) is 0 Å². The number of methoxy groups -OCH3 is 1. The molecule has 3 aromatic rings. The topological polar surface area (TPSA) is 69.2 Å². The molecule has 2 aromatic carbocycles. The van der Waals surface area contributed by atoms with E-state index in [-0.39, 0.29) is 0 Å². The first-order chi connectivity index (χ1) is 14.7. The van der Waals surface area contributed by atoms with Gasteiger partial charge in [0.15, 0.2) is 11.9 Å². The maximum absolute atomic E-state index is 6.32. The first-order valence-electron chi connectivity index (χ1n) is 9.92. The van der Waals surface area contributed by atoms with Crippen LogP contribution in [0.1, 0.15) is 38.0 Å². The van der Waals surface area contributed by atoms with Gasteiger partial charge in [-0.05, 0) is 36.8 Å². The third-order valence-electron chi connectivity index (χ3n) is 4.76. The molecular formula is C22H23BrN4O2S. The Kier molecular flexibility index (Phi) is 6.74. The van der Waals surface area contributed by atoms with Crippen LogP contribution in [0.25, 0.3) is 11.3 Å². The molecule has 0 aliphatic carbocycles. The highest BCUT2D eigenvalue weighted by atomic mass is 79.9. The summed E-state index contributed by atoms with van der Waals surface area (Å²) in [6.45, 7) is 2.19. The molecule has 0 saturated carbocycles. The van der Waals surface area contributed by atoms with Crippen LogP contribution >= 0.6 is 27.7 Å². The van der Waals surface area contributed by atoms with Crippen molar-refractivity contribution in [2.45, 2.75) is 37.6 Å². The zero-order valence-electron chi connectivity index (χ0n) is 16.9. The van der Waals surface area contributed by atoms with Gasteiger partial charge in [0.05, 0.1) is 7.11 Å². The first-order valence-corrected chi connectivity index (χ1v) is 11.7. The fraction of sp³-hybridized carbons (Fsp3) is 0.318. The van der Waals surface area contributed by atoms with E-state index >= 15 is 0 Å². The Labute approximate surface area is 188 Å². The molecule has 0 spiro atoms. The summed E-state index contributed by atoms with van der Waals surface area (Å²) in [6.07, 6.45) is 3.08. The number of ether oxygens (including phenoxy) is 2. The zero-order chi connectivity index (χ0) is 20.9. The highest BCUT2D eigenvalue weighted by Crippen LogP contribution is 2.41. The molecule has 1 unspecified atom stereocenters. The lowest BCUT2D eigenvalue weighted by Crippen LogP contribution is -2.17. The third kappa shape index (κ3) is 4.70. The van der Waals surface area contributed by atoms with E-state index in [0.717, 1.165) is 39.2 Å². The fourth-order valence-electron chi connectivity index (χ4n) is 3.20. The maximum Gasteiger partial charge on any atom is 0.247 e. The van der Waals surface area contributed by atoms with Gasteiger partial charge in [-0.3, -0.25) is 0 Å². The SMILES string of the molecule is CCCCCSc1nnc2c(n1)OC(c1cccc(OC)c1)Nc1ccc(Br)cc1-2. The Balaban J connectivity index is 1.71. The second-order valence-corrected chi connectivity index (χ2v) is 8.89. The van der Waals surface area contributed by atoms with Crippen molar-refractivity contribution >= 4 is 33.4 Å². The van der Waals surface area contributed by atoms with Gasteiger partial charge >= 0.3 is 0 Å². The Morgan fingerprint density at radius 2 is 2.07 bits per heavy atom. The molecule has 0 amide bonds. The molecule has 1 aromatic heterocycles. The molecule has 4 rings (SSSR count). The summed E-state index contributed by atoms with van der Waals surface area (Å²) in [5.41, 5.74) is 3.37. The van der Waals surface area contributed by atoms with Crippen LogP contribution in [-0.2, 0) is 0 Å². The van der Waals surface area contributed by atoms with Crippen molar-refractivity contribution in [3.8, 4) is 22.9 Å². The van der Waals surface area contributed by atoms with Gasteiger partial charge in [0, 0.05) is 27.0 Å². The van der Waals surface area contributed by atoms with Gasteiger partial charge in [-0.2, -0.15) is 4.98 Å². The molecule has 1 aliphatic rings. The lowest BCUT2D eigenvalue weighted by molar-refractivity contribution is 0.224. The number of aromatic nitrogens is 3. The highest BCUT2D eigenvalue weighted by molar-refractivity contribution is 9.10. The van der Waals surface area contributed by atoms with E-state index in [1.165, 1.54) is 12.8 Å². The van der Waals surface area contributed by atoms with E-state index in [2.05, 4.69) is 38.4 Å². The number of hydrogen-bond donors (Lipinski definition) is 1. The number of hydrogen-bond acceptors (Lipinski definition) is 7. The smallest absolute Gasteiger partial charge is 0.247 e. The number of unbranched alkanes of at least 4 members (excludes halogenated alkanes) is 2. The van der Waals surface area contributed by atoms with Crippen molar-refractivity contribution in [1.29, 1.82) is 0 Å². The number of halogens is 1. The van der Waals surface area contributed by atoms with Gasteiger partial charge in [0.1, 0.15) is 5.75 Å². The molecule has 0 radical (unpaired) electrons. The number of thioether (sulfide) groups is 1. The number of nitrogens with zero attached hydrogens (tertiary/aromatic N) is 3. The van der Waals surface area contributed by atoms with Crippen LogP contribution in [0.15, 0.2) is 52.1 Å². The van der Waals surface area contributed by atoms with Crippen molar-refractivity contribution in [2.24, 2.45) is 0 Å². The Hall–Kier alpha value is -2.32. The molecule has 30 heavy (non-hydrogen) atoms. The van der Waals surface area contributed by atoms with Gasteiger partial charge in [-0.25, -0.2) is 0 Å². The van der Waals surface area contributed by atoms with E-state index < -0.39 is 6.23 Å². The van der Waals surface area contributed by atoms with Crippen molar-refractivity contribution in [1.82, 2.24) is 15.2 Å². The quantitative estimate of drug-likeness (QED) is 0.319. The molecular weight excluding hydrogens is 464 g/mol. The number of fused-ring (bicyclic) bond motifs is 3. The minimum atomic E-state index is -0.434. The van der Waals surface area contributed by atoms with Gasteiger partial charge in [-0.1, -0.05) is 59.6 Å². The largest absolute Gasteiger partial charge is 0.497 e. The van der Waals surface area contributed by atoms with Crippen molar-refractivity contribution in [3.05, 3.63) is 52.5 Å². The summed E-state index contributed by atoms with van der Waals surface area (Å²) in [5, 5.41) is 12.9. The van der Waals surface area contributed by atoms with Gasteiger partial charge in [-0.15, -0.1) is 10.2 Å². The molecule has 0 bridgehead atoms. The van der Waals surface area contributed by atoms with Crippen molar-refractivity contribution < 1.29 is 9.47 Å². The van der Waals surface area contributed by atoms with Gasteiger partial charge < -0.3 is 14.8 Å². The Morgan fingerprint density at radius 1 is 1.17 bits per heavy atom. The average Bonchev–Trinajstić information content (AvgIpc) is 2.93. The van der Waals surface area contributed by atoms with Crippen LogP contribution in [-0.4, -0.2) is 28.0 Å². The normalized spacial score (nSPS) is 14.7. The van der Waals surface area contributed by atoms with Crippen LogP contribution in [0.2, 0.25) is 0 Å². The number of benzene rings is 2. The first kappa shape index (κ1) is 20.9. The summed E-state index contributed by atoms with van der Waals surface area (Å²) in [5.74, 6) is 2.21. The van der Waals surface area contributed by atoms with Crippen molar-refractivity contribution in [2.75, 3.05) is 18.2 Å². The highest BCUT2D eigenvalue weighted by Gasteiger charge is 2.26. The minimum Gasteiger partial charge on any atom is -0.497 e. The van der Waals surface area contributed by atoms with E-state index in [9.17, 15) is 0 Å². The predicted molar refractivity (Wildman–Crippen MR) is 123 cm³/mol. The summed E-state index contributed by atoms with van der Waals surface area (Å²) in [6, 6.07) is 13.8. The van der Waals surface area contributed by atoms with Crippen LogP contribution < -0.4 is 14.8 Å². The Bertz CT molecular complexity index is 1030. The number of rotatable bonds is 7. The number of anilines is 1. The molecule has 0 saturated heterocycles. The lowest BCUT2D eigenvalue weighted by Gasteiger charge is -2.19. The molecule has 6 nitrogen and oxygen atoms in total. The summed E-state index contributed by atoms with van der Waals surface area (Å²) < 4.78 is 12.7. The zero-order valence-corrected chi connectivity index (χ0v) is 19.3. The fourth-order valence-corrected chi connectivity index (χ4v) is 4.34. The van der Waals surface area contributed by atoms with Crippen LogP contribution in [0.5, 0.6) is 11.6 Å². The lowest BCUT2D eigenvalue weighted by atomic mass is 10.1. The minimum absolute atomic E-state index is 0.434. The van der Waals surface area contributed by atoms with E-state index in [4.69, 9.17) is 14.5 Å². The molecule has 8 heteroatoms. The van der Waals surface area contributed by atoms with Gasteiger partial charge in [0.2, 0.25) is 11.0 Å². The third-order valence-corrected chi connectivity index (χ3v) is 6.18. The molecule has 1 atom stereocenters. The van der Waals surface area contributed by atoms with E-state index in [0.29, 0.717) is 16.7 Å². The summed E-state index contributed by atoms with van der Waals surface area (Å²) in [7, 11) is 1.65. The maximum atomic E-state index is 6.32. The Morgan fingerprint density at radius 3 is 2.90 bits per heavy atom. The molecule has 1 aliphatic heterocycles. The molecule has 1 N–H and O–H groups in total. The molecule has 156 valence electrons. The van der Waals surface area contributed by atoms with E-state index in [1.54, 1.807) is 18.9 Å². The van der Waals surface area contributed by atoms with Gasteiger partial charge in [0.25, 0.3) is 0 Å². The number of nitrogens with one attached hydrogen (secondary N) is 1. The standard InChI is InChI=1S/C22H23BrN4O2S/c1-3-4-5-11-30-22-25-21-19(26-27-22)17-13-15(23)9-10-18(17)24-20(29-21)14-7-6-8-16(12-14)28-2/h6-10,12-13,20,24H,3-5,11H2,1-2H3. The van der Waals surface area contributed by atoms with Crippen LogP contribution in [0, 0.1) is 0 Å². The van der Waals surface area contributed by atoms with E-state index in [1.807, 2.05) is 42.5 Å². The van der Waals surface area contributed by atoms with Crippen LogP contribution in [0.4, 0.5) is 5.69 Å². The molecule has 0 fully saturated rings. The average molecular weight is 487 g/mol. The molecule has 2 heterocycles.